The van der Waals surface area contributed by atoms with Crippen molar-refractivity contribution in [2.24, 2.45) is 11.7 Å². The fourth-order valence-corrected chi connectivity index (χ4v) is 3.54. The Morgan fingerprint density at radius 3 is 2.30 bits per heavy atom. The lowest BCUT2D eigenvalue weighted by Gasteiger charge is -2.35. The lowest BCUT2D eigenvalue weighted by molar-refractivity contribution is -0.141. The van der Waals surface area contributed by atoms with Crippen molar-refractivity contribution >= 4 is 5.91 Å². The minimum atomic E-state index is -4.58. The van der Waals surface area contributed by atoms with E-state index in [4.69, 9.17) is 5.73 Å². The van der Waals surface area contributed by atoms with E-state index in [-0.39, 0.29) is 23.5 Å². The van der Waals surface area contributed by atoms with Crippen LogP contribution in [0.5, 0.6) is 0 Å². The van der Waals surface area contributed by atoms with Gasteiger partial charge < -0.3 is 10.6 Å². The Labute approximate surface area is 168 Å². The zero-order chi connectivity index (χ0) is 22.1. The van der Waals surface area contributed by atoms with Gasteiger partial charge in [0, 0.05) is 31.4 Å². The number of benzene rings is 1. The first-order valence-electron chi connectivity index (χ1n) is 9.27. The first-order valence-corrected chi connectivity index (χ1v) is 9.27. The predicted molar refractivity (Wildman–Crippen MR) is 95.9 cm³/mol. The summed E-state index contributed by atoms with van der Waals surface area (Å²) in [6.45, 7) is 0.636. The maximum atomic E-state index is 13.8. The first-order chi connectivity index (χ1) is 14.1. The van der Waals surface area contributed by atoms with Gasteiger partial charge in [-0.2, -0.15) is 13.2 Å². The van der Waals surface area contributed by atoms with E-state index < -0.39 is 41.3 Å². The van der Waals surface area contributed by atoms with Crippen molar-refractivity contribution < 1.29 is 31.1 Å². The number of carbonyl (C=O) groups is 1. The maximum Gasteiger partial charge on any atom is 0.433 e. The second kappa shape index (κ2) is 8.63. The second-order valence-electron chi connectivity index (χ2n) is 7.29. The Morgan fingerprint density at radius 2 is 1.73 bits per heavy atom. The molecule has 1 saturated heterocycles. The van der Waals surface area contributed by atoms with Gasteiger partial charge in [0.2, 0.25) is 0 Å². The molecule has 2 N–H and O–H groups in total. The summed E-state index contributed by atoms with van der Waals surface area (Å²) in [4.78, 5) is 17.3. The average molecular weight is 431 g/mol. The summed E-state index contributed by atoms with van der Waals surface area (Å²) >= 11 is 0. The predicted octanol–water partition coefficient (Wildman–Crippen LogP) is 3.94. The molecule has 2 heterocycles. The van der Waals surface area contributed by atoms with Crippen LogP contribution in [0, 0.1) is 23.4 Å². The van der Waals surface area contributed by atoms with Crippen LogP contribution in [-0.4, -0.2) is 34.9 Å². The van der Waals surface area contributed by atoms with E-state index in [1.165, 1.54) is 4.90 Å². The molecule has 1 fully saturated rings. The molecule has 1 amide bonds. The number of carbonyl (C=O) groups excluding carboxylic acids is 1. The molecular weight excluding hydrogens is 412 g/mol. The molecule has 30 heavy (non-hydrogen) atoms. The number of aromatic nitrogens is 1. The van der Waals surface area contributed by atoms with Crippen molar-refractivity contribution in [3.63, 3.8) is 0 Å². The van der Waals surface area contributed by atoms with Gasteiger partial charge in [-0.3, -0.25) is 9.78 Å². The molecule has 1 aliphatic rings. The van der Waals surface area contributed by atoms with E-state index >= 15 is 0 Å². The van der Waals surface area contributed by atoms with Gasteiger partial charge in [0.1, 0.15) is 11.5 Å². The number of amides is 1. The third-order valence-electron chi connectivity index (χ3n) is 5.28. The highest BCUT2D eigenvalue weighted by atomic mass is 19.4. The van der Waals surface area contributed by atoms with Crippen LogP contribution in [-0.2, 0) is 12.6 Å². The molecule has 1 aromatic carbocycles. The van der Waals surface area contributed by atoms with Gasteiger partial charge in [-0.15, -0.1) is 0 Å². The highest BCUT2D eigenvalue weighted by Crippen LogP contribution is 2.28. The van der Waals surface area contributed by atoms with Crippen LogP contribution in [0.1, 0.15) is 34.5 Å². The van der Waals surface area contributed by atoms with Crippen molar-refractivity contribution in [1.82, 2.24) is 9.88 Å². The van der Waals surface area contributed by atoms with Gasteiger partial charge in [-0.1, -0.05) is 0 Å². The number of rotatable bonds is 4. The van der Waals surface area contributed by atoms with Crippen LogP contribution in [0.4, 0.5) is 26.3 Å². The third kappa shape index (κ3) is 4.92. The minimum Gasteiger partial charge on any atom is -0.339 e. The van der Waals surface area contributed by atoms with Crippen LogP contribution >= 0.6 is 0 Å². The molecule has 0 saturated carbocycles. The van der Waals surface area contributed by atoms with Crippen molar-refractivity contribution in [2.75, 3.05) is 13.1 Å². The molecule has 0 unspecified atom stereocenters. The van der Waals surface area contributed by atoms with Crippen molar-refractivity contribution in [3.8, 4) is 0 Å². The van der Waals surface area contributed by atoms with E-state index in [1.54, 1.807) is 0 Å². The number of pyridine rings is 1. The molecule has 1 aromatic heterocycles. The lowest BCUT2D eigenvalue weighted by atomic mass is 9.86. The third-order valence-corrected chi connectivity index (χ3v) is 5.28. The Hall–Kier alpha value is -2.62. The number of likely N-dealkylation sites (tertiary alicyclic amines) is 1. The van der Waals surface area contributed by atoms with Gasteiger partial charge in [-0.05, 0) is 48.9 Å². The number of hydrogen-bond donors (Lipinski definition) is 1. The van der Waals surface area contributed by atoms with Crippen LogP contribution in [0.25, 0.3) is 0 Å². The summed E-state index contributed by atoms with van der Waals surface area (Å²) in [5, 5.41) is 0. The fraction of sp³-hybridized carbons (Fsp3) is 0.400. The summed E-state index contributed by atoms with van der Waals surface area (Å²) in [7, 11) is 0. The summed E-state index contributed by atoms with van der Waals surface area (Å²) in [5.41, 5.74) is 5.08. The SMILES string of the molecule is N[C@H](Cc1cc(F)c(F)cc1F)C1CCN(C(=O)c2ccc(C(F)(F)F)nc2)CC1. The molecule has 1 atom stereocenters. The number of piperidine rings is 1. The zero-order valence-electron chi connectivity index (χ0n) is 15.7. The Bertz CT molecular complexity index is 908. The first kappa shape index (κ1) is 22.1. The molecule has 4 nitrogen and oxygen atoms in total. The van der Waals surface area contributed by atoms with Gasteiger partial charge in [-0.25, -0.2) is 13.2 Å². The molecule has 2 aromatic rings. The molecule has 1 aliphatic heterocycles. The minimum absolute atomic E-state index is 0.0178. The number of nitrogens with two attached hydrogens (primary N) is 1. The van der Waals surface area contributed by atoms with E-state index in [9.17, 15) is 31.1 Å². The Kier molecular flexibility index (Phi) is 6.35. The second-order valence-corrected chi connectivity index (χ2v) is 7.29. The topological polar surface area (TPSA) is 59.2 Å². The Balaban J connectivity index is 1.57. The molecule has 3 rings (SSSR count). The number of hydrogen-bond acceptors (Lipinski definition) is 3. The standard InChI is InChI=1S/C20H19F6N3O/c21-14-9-16(23)15(22)7-13(14)8-17(27)11-3-5-29(6-4-11)19(30)12-1-2-18(28-10-12)20(24,25)26/h1-2,7,9-11,17H,3-6,8,27H2/t17-/m1/s1. The van der Waals surface area contributed by atoms with Gasteiger partial charge in [0.05, 0.1) is 5.56 Å². The van der Waals surface area contributed by atoms with Crippen molar-refractivity contribution in [3.05, 3.63) is 64.7 Å². The lowest BCUT2D eigenvalue weighted by Crippen LogP contribution is -2.44. The molecule has 0 radical (unpaired) electrons. The van der Waals surface area contributed by atoms with E-state index in [2.05, 4.69) is 4.98 Å². The van der Waals surface area contributed by atoms with Gasteiger partial charge >= 0.3 is 6.18 Å². The van der Waals surface area contributed by atoms with Gasteiger partial charge in [0.25, 0.3) is 5.91 Å². The highest BCUT2D eigenvalue weighted by molar-refractivity contribution is 5.94. The largest absolute Gasteiger partial charge is 0.433 e. The smallest absolute Gasteiger partial charge is 0.339 e. The normalized spacial score (nSPS) is 16.6. The summed E-state index contributed by atoms with van der Waals surface area (Å²) in [5.74, 6) is -3.80. The van der Waals surface area contributed by atoms with E-state index in [0.717, 1.165) is 24.4 Å². The van der Waals surface area contributed by atoms with Crippen molar-refractivity contribution in [2.45, 2.75) is 31.5 Å². The van der Waals surface area contributed by atoms with Crippen LogP contribution < -0.4 is 5.73 Å². The average Bonchev–Trinajstić information content (AvgIpc) is 2.71. The molecule has 0 bridgehead atoms. The number of halogens is 6. The zero-order valence-corrected chi connectivity index (χ0v) is 15.7. The summed E-state index contributed by atoms with van der Waals surface area (Å²) < 4.78 is 78.0. The molecule has 10 heteroatoms. The monoisotopic (exact) mass is 431 g/mol. The highest BCUT2D eigenvalue weighted by Gasteiger charge is 2.33. The molecular formula is C20H19F6N3O. The van der Waals surface area contributed by atoms with E-state index in [0.29, 0.717) is 32.0 Å². The number of nitrogens with zero attached hydrogens (tertiary/aromatic N) is 2. The van der Waals surface area contributed by atoms with Crippen molar-refractivity contribution in [1.29, 1.82) is 0 Å². The fourth-order valence-electron chi connectivity index (χ4n) is 3.54. The molecule has 0 spiro atoms. The summed E-state index contributed by atoms with van der Waals surface area (Å²) in [6, 6.07) is 2.60. The maximum absolute atomic E-state index is 13.8. The van der Waals surface area contributed by atoms with Crippen LogP contribution in [0.15, 0.2) is 30.5 Å². The van der Waals surface area contributed by atoms with E-state index in [1.807, 2.05) is 0 Å². The van der Waals surface area contributed by atoms with Crippen LogP contribution in [0.2, 0.25) is 0 Å². The number of alkyl halides is 3. The quantitative estimate of drug-likeness (QED) is 0.590. The van der Waals surface area contributed by atoms with Gasteiger partial charge in [0.15, 0.2) is 11.6 Å². The Morgan fingerprint density at radius 1 is 1.10 bits per heavy atom. The summed E-state index contributed by atoms with van der Waals surface area (Å²) in [6.07, 6.45) is -2.68. The molecule has 162 valence electrons. The molecule has 0 aliphatic carbocycles. The van der Waals surface area contributed by atoms with Crippen LogP contribution in [0.3, 0.4) is 0 Å².